The minimum Gasteiger partial charge on any atom is -0.452 e. The van der Waals surface area contributed by atoms with Crippen LogP contribution in [0.4, 0.5) is 11.4 Å². The molecule has 0 aliphatic heterocycles. The lowest BCUT2D eigenvalue weighted by molar-refractivity contribution is -0.136. The molecule has 2 rings (SSSR count). The Morgan fingerprint density at radius 1 is 1.15 bits per heavy atom. The van der Waals surface area contributed by atoms with E-state index >= 15 is 0 Å². The molecule has 0 aliphatic carbocycles. The van der Waals surface area contributed by atoms with Crippen molar-refractivity contribution in [2.24, 2.45) is 0 Å². The van der Waals surface area contributed by atoms with Crippen molar-refractivity contribution in [1.82, 2.24) is 4.90 Å². The minimum atomic E-state index is -0.704. The number of aryl methyl sites for hydroxylation is 1. The Morgan fingerprint density at radius 2 is 1.81 bits per heavy atom. The number of hydrogen-bond donors (Lipinski definition) is 2. The molecule has 0 fully saturated rings. The molecule has 2 amide bonds. The Balaban J connectivity index is 1.82. The molecule has 0 unspecified atom stereocenters. The Bertz CT molecular complexity index is 853. The van der Waals surface area contributed by atoms with Crippen molar-refractivity contribution in [2.45, 2.75) is 6.92 Å². The zero-order chi connectivity index (χ0) is 20.0. The summed E-state index contributed by atoms with van der Waals surface area (Å²) in [5, 5.41) is 3.01. The van der Waals surface area contributed by atoms with Crippen LogP contribution < -0.4 is 11.1 Å². The lowest BCUT2D eigenvalue weighted by atomic mass is 10.2. The lowest BCUT2D eigenvalue weighted by Crippen LogP contribution is -2.37. The zero-order valence-corrected chi connectivity index (χ0v) is 15.7. The molecule has 8 heteroatoms. The molecule has 27 heavy (non-hydrogen) atoms. The number of nitrogens with one attached hydrogen (secondary N) is 1. The summed E-state index contributed by atoms with van der Waals surface area (Å²) in [7, 11) is 1.45. The molecule has 0 atom stereocenters. The molecule has 0 heterocycles. The number of carbonyl (C=O) groups excluding carboxylic acids is 3. The third-order valence-corrected chi connectivity index (χ3v) is 4.04. The van der Waals surface area contributed by atoms with Crippen LogP contribution in [0.25, 0.3) is 0 Å². The van der Waals surface area contributed by atoms with Gasteiger partial charge < -0.3 is 20.7 Å². The number of halogens is 1. The summed E-state index contributed by atoms with van der Waals surface area (Å²) in [5.74, 6) is -1.57. The Hall–Kier alpha value is -3.06. The molecule has 142 valence electrons. The first-order chi connectivity index (χ1) is 12.8. The fraction of sp³-hybridized carbons (Fsp3) is 0.211. The number of anilines is 2. The second kappa shape index (κ2) is 9.05. The fourth-order valence-electron chi connectivity index (χ4n) is 2.13. The van der Waals surface area contributed by atoms with Gasteiger partial charge in [-0.15, -0.1) is 0 Å². The molecule has 0 aromatic heterocycles. The van der Waals surface area contributed by atoms with Crippen molar-refractivity contribution in [1.29, 1.82) is 0 Å². The Labute approximate surface area is 162 Å². The summed E-state index contributed by atoms with van der Waals surface area (Å²) in [6.07, 6.45) is 0. The van der Waals surface area contributed by atoms with E-state index in [4.69, 9.17) is 22.1 Å². The molecule has 2 aromatic rings. The van der Waals surface area contributed by atoms with Crippen molar-refractivity contribution in [3.8, 4) is 0 Å². The second-order valence-corrected chi connectivity index (χ2v) is 6.38. The van der Waals surface area contributed by atoms with E-state index in [2.05, 4.69) is 5.32 Å². The van der Waals surface area contributed by atoms with Crippen LogP contribution in [0.1, 0.15) is 15.9 Å². The highest BCUT2D eigenvalue weighted by Crippen LogP contribution is 2.19. The smallest absolute Gasteiger partial charge is 0.338 e. The summed E-state index contributed by atoms with van der Waals surface area (Å²) < 4.78 is 4.96. The summed E-state index contributed by atoms with van der Waals surface area (Å²) in [6, 6.07) is 11.6. The third kappa shape index (κ3) is 6.00. The first kappa shape index (κ1) is 20.3. The van der Waals surface area contributed by atoms with Crippen LogP contribution in [0.15, 0.2) is 42.5 Å². The normalized spacial score (nSPS) is 10.2. The highest BCUT2D eigenvalue weighted by molar-refractivity contribution is 6.33. The first-order valence-electron chi connectivity index (χ1n) is 8.09. The molecule has 0 saturated heterocycles. The molecular formula is C19H20ClN3O4. The van der Waals surface area contributed by atoms with E-state index < -0.39 is 18.5 Å². The number of nitrogens with zero attached hydrogens (tertiary/aromatic N) is 1. The quantitative estimate of drug-likeness (QED) is 0.583. The molecule has 0 aliphatic rings. The number of nitrogen functional groups attached to an aromatic ring is 1. The van der Waals surface area contributed by atoms with Gasteiger partial charge in [0.25, 0.3) is 5.91 Å². The number of amides is 2. The van der Waals surface area contributed by atoms with E-state index in [1.165, 1.54) is 30.1 Å². The molecule has 0 radical (unpaired) electrons. The summed E-state index contributed by atoms with van der Waals surface area (Å²) in [5.41, 5.74) is 7.76. The lowest BCUT2D eigenvalue weighted by Gasteiger charge is -2.17. The maximum absolute atomic E-state index is 12.1. The second-order valence-electron chi connectivity index (χ2n) is 5.98. The van der Waals surface area contributed by atoms with Gasteiger partial charge >= 0.3 is 5.97 Å². The average molecular weight is 390 g/mol. The van der Waals surface area contributed by atoms with E-state index in [1.807, 2.05) is 19.1 Å². The van der Waals surface area contributed by atoms with Crippen LogP contribution in [0.5, 0.6) is 0 Å². The SMILES string of the molecule is Cc1ccc(NC(=O)CN(C)C(=O)COC(=O)c2ccc(Cl)c(N)c2)cc1. The third-order valence-electron chi connectivity index (χ3n) is 3.70. The number of benzene rings is 2. The standard InChI is InChI=1S/C19H20ClN3O4/c1-12-3-6-14(7-4-12)22-17(24)10-23(2)18(25)11-27-19(26)13-5-8-15(20)16(21)9-13/h3-9H,10-11,21H2,1-2H3,(H,22,24). The van der Waals surface area contributed by atoms with Crippen LogP contribution in [-0.4, -0.2) is 42.9 Å². The summed E-state index contributed by atoms with van der Waals surface area (Å²) >= 11 is 5.79. The average Bonchev–Trinajstić information content (AvgIpc) is 2.63. The highest BCUT2D eigenvalue weighted by atomic mass is 35.5. The van der Waals surface area contributed by atoms with Gasteiger partial charge in [-0.3, -0.25) is 9.59 Å². The van der Waals surface area contributed by atoms with Crippen LogP contribution in [0.2, 0.25) is 5.02 Å². The van der Waals surface area contributed by atoms with Gasteiger partial charge in [0.05, 0.1) is 22.8 Å². The largest absolute Gasteiger partial charge is 0.452 e. The van der Waals surface area contributed by atoms with E-state index in [-0.39, 0.29) is 23.7 Å². The van der Waals surface area contributed by atoms with Gasteiger partial charge in [-0.2, -0.15) is 0 Å². The van der Waals surface area contributed by atoms with Crippen molar-refractivity contribution < 1.29 is 19.1 Å². The number of nitrogens with two attached hydrogens (primary N) is 1. The van der Waals surface area contributed by atoms with Gasteiger partial charge in [-0.1, -0.05) is 29.3 Å². The summed E-state index contributed by atoms with van der Waals surface area (Å²) in [4.78, 5) is 37.2. The Kier molecular flexibility index (Phi) is 6.79. The van der Waals surface area contributed by atoms with Gasteiger partial charge in [0.15, 0.2) is 6.61 Å². The van der Waals surface area contributed by atoms with Gasteiger partial charge in [-0.25, -0.2) is 4.79 Å². The maximum Gasteiger partial charge on any atom is 0.338 e. The van der Waals surface area contributed by atoms with Gasteiger partial charge in [0, 0.05) is 12.7 Å². The van der Waals surface area contributed by atoms with E-state index in [9.17, 15) is 14.4 Å². The van der Waals surface area contributed by atoms with Crippen LogP contribution >= 0.6 is 11.6 Å². The number of esters is 1. The highest BCUT2D eigenvalue weighted by Gasteiger charge is 2.16. The number of likely N-dealkylation sites (N-methyl/N-ethyl adjacent to an activating group) is 1. The maximum atomic E-state index is 12.1. The topological polar surface area (TPSA) is 102 Å². The number of hydrogen-bond acceptors (Lipinski definition) is 5. The predicted octanol–water partition coefficient (Wildman–Crippen LogP) is 2.48. The van der Waals surface area contributed by atoms with Gasteiger partial charge in [-0.05, 0) is 37.3 Å². The van der Waals surface area contributed by atoms with Crippen LogP contribution in [0, 0.1) is 6.92 Å². The first-order valence-corrected chi connectivity index (χ1v) is 8.46. The molecular weight excluding hydrogens is 370 g/mol. The molecule has 0 saturated carbocycles. The molecule has 7 nitrogen and oxygen atoms in total. The molecule has 0 bridgehead atoms. The minimum absolute atomic E-state index is 0.168. The number of rotatable bonds is 6. The van der Waals surface area contributed by atoms with Crippen molar-refractivity contribution in [3.05, 3.63) is 58.6 Å². The van der Waals surface area contributed by atoms with E-state index in [0.29, 0.717) is 10.7 Å². The predicted molar refractivity (Wildman–Crippen MR) is 104 cm³/mol. The number of carbonyl (C=O) groups is 3. The van der Waals surface area contributed by atoms with Crippen molar-refractivity contribution >= 4 is 40.8 Å². The van der Waals surface area contributed by atoms with Crippen molar-refractivity contribution in [3.63, 3.8) is 0 Å². The molecule has 2 aromatic carbocycles. The van der Waals surface area contributed by atoms with E-state index in [1.54, 1.807) is 12.1 Å². The monoisotopic (exact) mass is 389 g/mol. The van der Waals surface area contributed by atoms with Crippen molar-refractivity contribution in [2.75, 3.05) is 31.2 Å². The van der Waals surface area contributed by atoms with E-state index in [0.717, 1.165) is 5.56 Å². The molecule has 0 spiro atoms. The number of ether oxygens (including phenoxy) is 1. The summed E-state index contributed by atoms with van der Waals surface area (Å²) in [6.45, 7) is 1.28. The van der Waals surface area contributed by atoms with Crippen LogP contribution in [0.3, 0.4) is 0 Å². The van der Waals surface area contributed by atoms with Gasteiger partial charge in [0.2, 0.25) is 5.91 Å². The Morgan fingerprint density at radius 3 is 2.44 bits per heavy atom. The zero-order valence-electron chi connectivity index (χ0n) is 15.0. The van der Waals surface area contributed by atoms with Gasteiger partial charge in [0.1, 0.15) is 0 Å². The van der Waals surface area contributed by atoms with Crippen LogP contribution in [-0.2, 0) is 14.3 Å². The molecule has 3 N–H and O–H groups in total. The fourth-order valence-corrected chi connectivity index (χ4v) is 2.25.